The molecule has 3 heteroatoms. The van der Waals surface area contributed by atoms with Crippen LogP contribution in [0.1, 0.15) is 33.6 Å². The maximum absolute atomic E-state index is 5.59. The minimum absolute atomic E-state index is 0.128. The minimum Gasteiger partial charge on any atom is -0.498 e. The molecule has 0 atom stereocenters. The summed E-state index contributed by atoms with van der Waals surface area (Å²) in [6.07, 6.45) is 3.39. The van der Waals surface area contributed by atoms with Crippen molar-refractivity contribution < 1.29 is 14.2 Å². The zero-order valence-corrected chi connectivity index (χ0v) is 9.92. The summed E-state index contributed by atoms with van der Waals surface area (Å²) < 4.78 is 15.7. The summed E-state index contributed by atoms with van der Waals surface area (Å²) >= 11 is 0. The van der Waals surface area contributed by atoms with Crippen molar-refractivity contribution in [3.63, 3.8) is 0 Å². The molecule has 0 aliphatic rings. The number of hydrogen-bond acceptors (Lipinski definition) is 3. The minimum atomic E-state index is -0.128. The van der Waals surface area contributed by atoms with Gasteiger partial charge in [-0.25, -0.2) is 0 Å². The van der Waals surface area contributed by atoms with E-state index in [0.717, 1.165) is 18.6 Å². The van der Waals surface area contributed by atoms with Crippen molar-refractivity contribution in [2.75, 3.05) is 20.8 Å². The lowest BCUT2D eigenvalue weighted by Crippen LogP contribution is -2.20. The third kappa shape index (κ3) is 5.86. The van der Waals surface area contributed by atoms with Crippen LogP contribution in [0.15, 0.2) is 12.0 Å². The van der Waals surface area contributed by atoms with Gasteiger partial charge in [-0.15, -0.1) is 0 Å². The van der Waals surface area contributed by atoms with Crippen LogP contribution in [0.25, 0.3) is 0 Å². The van der Waals surface area contributed by atoms with E-state index in [0.29, 0.717) is 6.61 Å². The summed E-state index contributed by atoms with van der Waals surface area (Å²) in [5, 5.41) is 0. The topological polar surface area (TPSA) is 27.7 Å². The van der Waals surface area contributed by atoms with E-state index < -0.39 is 0 Å². The number of hydrogen-bond donors (Lipinski definition) is 0. The van der Waals surface area contributed by atoms with Crippen LogP contribution in [0.2, 0.25) is 0 Å². The van der Waals surface area contributed by atoms with Crippen LogP contribution >= 0.6 is 0 Å². The molecule has 0 fully saturated rings. The van der Waals surface area contributed by atoms with E-state index in [-0.39, 0.29) is 5.60 Å². The molecule has 0 saturated heterocycles. The molecule has 0 heterocycles. The second-order valence-corrected chi connectivity index (χ2v) is 3.76. The second-order valence-electron chi connectivity index (χ2n) is 3.76. The van der Waals surface area contributed by atoms with E-state index in [1.807, 2.05) is 13.8 Å². The highest BCUT2D eigenvalue weighted by atomic mass is 16.5. The smallest absolute Gasteiger partial charge is 0.132 e. The Morgan fingerprint density at radius 1 is 1.29 bits per heavy atom. The Morgan fingerprint density at radius 2 is 1.93 bits per heavy atom. The SMILES string of the molecule is CCC(C)(C)OC=C(CCOC)OC. The highest BCUT2D eigenvalue weighted by molar-refractivity contribution is 4.88. The summed E-state index contributed by atoms with van der Waals surface area (Å²) in [6, 6.07) is 0. The fraction of sp³-hybridized carbons (Fsp3) is 0.818. The maximum Gasteiger partial charge on any atom is 0.132 e. The lowest BCUT2D eigenvalue weighted by molar-refractivity contribution is 0.0439. The molecule has 0 N–H and O–H groups in total. The average molecular weight is 202 g/mol. The first-order chi connectivity index (χ1) is 6.55. The van der Waals surface area contributed by atoms with Gasteiger partial charge in [0.2, 0.25) is 0 Å². The van der Waals surface area contributed by atoms with Gasteiger partial charge in [-0.05, 0) is 20.3 Å². The molecule has 0 saturated carbocycles. The summed E-state index contributed by atoms with van der Waals surface area (Å²) in [4.78, 5) is 0. The van der Waals surface area contributed by atoms with Crippen molar-refractivity contribution in [3.05, 3.63) is 12.0 Å². The molecule has 0 aromatic rings. The Hall–Kier alpha value is -0.700. The maximum atomic E-state index is 5.59. The van der Waals surface area contributed by atoms with Gasteiger partial charge in [-0.3, -0.25) is 0 Å². The molecule has 3 nitrogen and oxygen atoms in total. The van der Waals surface area contributed by atoms with Crippen molar-refractivity contribution in [2.45, 2.75) is 39.2 Å². The predicted octanol–water partition coefficient (Wildman–Crippen LogP) is 2.72. The predicted molar refractivity (Wildman–Crippen MR) is 57.0 cm³/mol. The monoisotopic (exact) mass is 202 g/mol. The van der Waals surface area contributed by atoms with Crippen molar-refractivity contribution in [3.8, 4) is 0 Å². The van der Waals surface area contributed by atoms with Crippen molar-refractivity contribution in [2.24, 2.45) is 0 Å². The van der Waals surface area contributed by atoms with Crippen LogP contribution in [0.4, 0.5) is 0 Å². The van der Waals surface area contributed by atoms with E-state index in [9.17, 15) is 0 Å². The third-order valence-electron chi connectivity index (χ3n) is 2.18. The highest BCUT2D eigenvalue weighted by Gasteiger charge is 2.14. The van der Waals surface area contributed by atoms with E-state index >= 15 is 0 Å². The van der Waals surface area contributed by atoms with Gasteiger partial charge in [0, 0.05) is 13.5 Å². The lowest BCUT2D eigenvalue weighted by atomic mass is 10.1. The van der Waals surface area contributed by atoms with Crippen molar-refractivity contribution in [1.29, 1.82) is 0 Å². The van der Waals surface area contributed by atoms with E-state index in [2.05, 4.69) is 6.92 Å². The molecular formula is C11H22O3. The standard InChI is InChI=1S/C11H22O3/c1-6-11(2,3)14-9-10(13-5)7-8-12-4/h9H,6-8H2,1-5H3. The largest absolute Gasteiger partial charge is 0.498 e. The lowest BCUT2D eigenvalue weighted by Gasteiger charge is -2.22. The Balaban J connectivity index is 4.03. The van der Waals surface area contributed by atoms with Crippen LogP contribution in [0.3, 0.4) is 0 Å². The van der Waals surface area contributed by atoms with Gasteiger partial charge in [0.15, 0.2) is 0 Å². The zero-order chi connectivity index (χ0) is 11.0. The summed E-state index contributed by atoms with van der Waals surface area (Å²) in [5.74, 6) is 0.813. The zero-order valence-electron chi connectivity index (χ0n) is 9.92. The van der Waals surface area contributed by atoms with E-state index in [1.54, 1.807) is 20.5 Å². The van der Waals surface area contributed by atoms with Gasteiger partial charge in [0.25, 0.3) is 0 Å². The molecular weight excluding hydrogens is 180 g/mol. The molecule has 0 rings (SSSR count). The van der Waals surface area contributed by atoms with Crippen LogP contribution < -0.4 is 0 Å². The van der Waals surface area contributed by atoms with Crippen LogP contribution in [-0.2, 0) is 14.2 Å². The number of rotatable bonds is 7. The molecule has 0 amide bonds. The molecule has 0 radical (unpaired) electrons. The molecule has 0 aliphatic heterocycles. The van der Waals surface area contributed by atoms with Gasteiger partial charge in [-0.1, -0.05) is 6.92 Å². The molecule has 84 valence electrons. The van der Waals surface area contributed by atoms with Crippen LogP contribution in [-0.4, -0.2) is 26.4 Å². The summed E-state index contributed by atoms with van der Waals surface area (Å²) in [6.45, 7) is 6.84. The normalized spacial score (nSPS) is 12.8. The van der Waals surface area contributed by atoms with Gasteiger partial charge >= 0.3 is 0 Å². The first kappa shape index (κ1) is 13.3. The van der Waals surface area contributed by atoms with E-state index in [4.69, 9.17) is 14.2 Å². The quantitative estimate of drug-likeness (QED) is 0.594. The average Bonchev–Trinajstić information content (AvgIpc) is 2.18. The van der Waals surface area contributed by atoms with Gasteiger partial charge in [0.1, 0.15) is 17.6 Å². The summed E-state index contributed by atoms with van der Waals surface area (Å²) in [7, 11) is 3.31. The first-order valence-corrected chi connectivity index (χ1v) is 4.95. The second kappa shape index (κ2) is 6.71. The highest BCUT2D eigenvalue weighted by Crippen LogP contribution is 2.15. The van der Waals surface area contributed by atoms with Crippen LogP contribution in [0, 0.1) is 0 Å². The van der Waals surface area contributed by atoms with Crippen molar-refractivity contribution in [1.82, 2.24) is 0 Å². The Morgan fingerprint density at radius 3 is 2.36 bits per heavy atom. The van der Waals surface area contributed by atoms with Crippen molar-refractivity contribution >= 4 is 0 Å². The van der Waals surface area contributed by atoms with Gasteiger partial charge in [-0.2, -0.15) is 0 Å². The third-order valence-corrected chi connectivity index (χ3v) is 2.18. The molecule has 0 aromatic heterocycles. The number of ether oxygens (including phenoxy) is 3. The Kier molecular flexibility index (Phi) is 6.37. The molecule has 0 spiro atoms. The van der Waals surface area contributed by atoms with Gasteiger partial charge in [0.05, 0.1) is 13.7 Å². The molecule has 0 aromatic carbocycles. The molecule has 0 bridgehead atoms. The number of methoxy groups -OCH3 is 2. The molecule has 0 unspecified atom stereocenters. The van der Waals surface area contributed by atoms with Gasteiger partial charge < -0.3 is 14.2 Å². The molecule has 0 aliphatic carbocycles. The fourth-order valence-electron chi connectivity index (χ4n) is 0.720. The van der Waals surface area contributed by atoms with E-state index in [1.165, 1.54) is 0 Å². The Labute approximate surface area is 87.0 Å². The Bertz CT molecular complexity index is 173. The fourth-order valence-corrected chi connectivity index (χ4v) is 0.720. The van der Waals surface area contributed by atoms with Crippen LogP contribution in [0.5, 0.6) is 0 Å². The summed E-state index contributed by atoms with van der Waals surface area (Å²) in [5.41, 5.74) is -0.128. The molecule has 14 heavy (non-hydrogen) atoms. The first-order valence-electron chi connectivity index (χ1n) is 4.95.